The van der Waals surface area contributed by atoms with Crippen LogP contribution in [0.25, 0.3) is 0 Å². The lowest BCUT2D eigenvalue weighted by molar-refractivity contribution is -0.122. The Bertz CT molecular complexity index is 1090. The van der Waals surface area contributed by atoms with Gasteiger partial charge in [-0.15, -0.1) is 0 Å². The molecule has 1 unspecified atom stereocenters. The molecule has 0 bridgehead atoms. The van der Waals surface area contributed by atoms with Gasteiger partial charge in [0, 0.05) is 16.3 Å². The zero-order valence-corrected chi connectivity index (χ0v) is 18.3. The lowest BCUT2D eigenvalue weighted by Crippen LogP contribution is -2.30. The number of benzene rings is 3. The molecule has 2 N–H and O–H groups in total. The molecule has 0 aliphatic carbocycles. The van der Waals surface area contributed by atoms with Crippen LogP contribution < -0.4 is 20.1 Å². The Balaban J connectivity index is 1.60. The number of anilines is 2. The molecule has 0 aliphatic heterocycles. The van der Waals surface area contributed by atoms with E-state index < -0.39 is 6.10 Å². The van der Waals surface area contributed by atoms with Gasteiger partial charge in [-0.25, -0.2) is 0 Å². The third-order valence-corrected chi connectivity index (χ3v) is 4.87. The van der Waals surface area contributed by atoms with Crippen LogP contribution in [0.4, 0.5) is 11.4 Å². The van der Waals surface area contributed by atoms with Crippen molar-refractivity contribution in [3.05, 3.63) is 82.3 Å². The fraction of sp³-hybridized carbons (Fsp3) is 0.130. The van der Waals surface area contributed by atoms with Crippen molar-refractivity contribution in [3.8, 4) is 11.5 Å². The lowest BCUT2D eigenvalue weighted by atomic mass is 10.2. The van der Waals surface area contributed by atoms with Crippen LogP contribution in [0.15, 0.2) is 66.7 Å². The highest BCUT2D eigenvalue weighted by atomic mass is 35.5. The van der Waals surface area contributed by atoms with Crippen LogP contribution in [0.1, 0.15) is 17.3 Å². The Hall–Kier alpha value is -3.22. The van der Waals surface area contributed by atoms with Crippen molar-refractivity contribution < 1.29 is 19.1 Å². The minimum atomic E-state index is -0.799. The molecule has 6 nitrogen and oxygen atoms in total. The number of hydrogen-bond donors (Lipinski definition) is 2. The summed E-state index contributed by atoms with van der Waals surface area (Å²) in [6, 6.07) is 18.4. The van der Waals surface area contributed by atoms with Crippen molar-refractivity contribution in [2.75, 3.05) is 17.7 Å². The molecule has 3 rings (SSSR count). The van der Waals surface area contributed by atoms with Gasteiger partial charge in [0.25, 0.3) is 11.8 Å². The Kier molecular flexibility index (Phi) is 7.39. The molecule has 2 amide bonds. The molecule has 0 saturated heterocycles. The number of carbonyl (C=O) groups is 2. The molecule has 8 heteroatoms. The summed E-state index contributed by atoms with van der Waals surface area (Å²) in [5.41, 5.74) is 1.52. The largest absolute Gasteiger partial charge is 0.495 e. The Labute approximate surface area is 190 Å². The number of amides is 2. The van der Waals surface area contributed by atoms with Gasteiger partial charge in [0.05, 0.1) is 17.8 Å². The molecule has 160 valence electrons. The molecule has 3 aromatic rings. The van der Waals surface area contributed by atoms with E-state index >= 15 is 0 Å². The second kappa shape index (κ2) is 10.2. The van der Waals surface area contributed by atoms with Crippen molar-refractivity contribution in [3.63, 3.8) is 0 Å². The van der Waals surface area contributed by atoms with Crippen molar-refractivity contribution in [1.82, 2.24) is 0 Å². The van der Waals surface area contributed by atoms with E-state index in [9.17, 15) is 9.59 Å². The summed E-state index contributed by atoms with van der Waals surface area (Å²) < 4.78 is 10.8. The zero-order valence-electron chi connectivity index (χ0n) is 16.8. The number of ether oxygens (including phenoxy) is 2. The van der Waals surface area contributed by atoms with Gasteiger partial charge < -0.3 is 20.1 Å². The first-order valence-electron chi connectivity index (χ1n) is 9.34. The summed E-state index contributed by atoms with van der Waals surface area (Å²) >= 11 is 11.9. The van der Waals surface area contributed by atoms with Crippen LogP contribution in [0.5, 0.6) is 11.5 Å². The summed E-state index contributed by atoms with van der Waals surface area (Å²) in [5, 5.41) is 6.34. The van der Waals surface area contributed by atoms with Gasteiger partial charge in [0.15, 0.2) is 6.10 Å². The molecule has 0 aliphatic rings. The molecule has 1 atom stereocenters. The van der Waals surface area contributed by atoms with Gasteiger partial charge in [-0.3, -0.25) is 9.59 Å². The zero-order chi connectivity index (χ0) is 22.4. The monoisotopic (exact) mass is 458 g/mol. The second-order valence-electron chi connectivity index (χ2n) is 6.56. The van der Waals surface area contributed by atoms with Crippen LogP contribution in [0.2, 0.25) is 10.0 Å². The first kappa shape index (κ1) is 22.5. The minimum Gasteiger partial charge on any atom is -0.495 e. The smallest absolute Gasteiger partial charge is 0.265 e. The predicted octanol–water partition coefficient (Wildman–Crippen LogP) is 5.66. The first-order chi connectivity index (χ1) is 14.9. The van der Waals surface area contributed by atoms with Crippen LogP contribution in [-0.4, -0.2) is 25.0 Å². The number of methoxy groups -OCH3 is 1. The van der Waals surface area contributed by atoms with Crippen LogP contribution >= 0.6 is 23.2 Å². The van der Waals surface area contributed by atoms with Gasteiger partial charge in [-0.05, 0) is 61.5 Å². The average molecular weight is 459 g/mol. The fourth-order valence-corrected chi connectivity index (χ4v) is 3.16. The molecule has 0 radical (unpaired) electrons. The van der Waals surface area contributed by atoms with Gasteiger partial charge in [0.1, 0.15) is 11.5 Å². The van der Waals surface area contributed by atoms with E-state index in [1.54, 1.807) is 61.5 Å². The van der Waals surface area contributed by atoms with Gasteiger partial charge >= 0.3 is 0 Å². The predicted molar refractivity (Wildman–Crippen MR) is 123 cm³/mol. The van der Waals surface area contributed by atoms with E-state index in [1.807, 2.05) is 6.07 Å². The van der Waals surface area contributed by atoms with E-state index in [2.05, 4.69) is 10.6 Å². The Morgan fingerprint density at radius 1 is 0.903 bits per heavy atom. The van der Waals surface area contributed by atoms with Crippen LogP contribution in [0.3, 0.4) is 0 Å². The topological polar surface area (TPSA) is 76.7 Å². The number of nitrogens with one attached hydrogen (secondary N) is 2. The highest BCUT2D eigenvalue weighted by Crippen LogP contribution is 2.28. The summed E-state index contributed by atoms with van der Waals surface area (Å²) in [5.74, 6) is 0.264. The van der Waals surface area contributed by atoms with Gasteiger partial charge in [-0.1, -0.05) is 35.3 Å². The summed E-state index contributed by atoms with van der Waals surface area (Å²) in [6.07, 6.45) is -0.799. The third kappa shape index (κ3) is 5.90. The number of para-hydroxylation sites is 2. The molecular weight excluding hydrogens is 439 g/mol. The van der Waals surface area contributed by atoms with E-state index in [0.717, 1.165) is 0 Å². The van der Waals surface area contributed by atoms with Crippen molar-refractivity contribution >= 4 is 46.4 Å². The SMILES string of the molecule is COc1ccccc1NC(=O)c1ccc(NC(=O)C(C)Oc2ccc(Cl)cc2Cl)cc1. The van der Waals surface area contributed by atoms with Crippen LogP contribution in [0, 0.1) is 0 Å². The molecule has 0 aromatic heterocycles. The molecule has 0 spiro atoms. The highest BCUT2D eigenvalue weighted by molar-refractivity contribution is 6.35. The van der Waals surface area contributed by atoms with Crippen molar-refractivity contribution in [1.29, 1.82) is 0 Å². The average Bonchev–Trinajstić information content (AvgIpc) is 2.76. The quantitative estimate of drug-likeness (QED) is 0.478. The molecule has 0 fully saturated rings. The van der Waals surface area contributed by atoms with Gasteiger partial charge in [-0.2, -0.15) is 0 Å². The summed E-state index contributed by atoms with van der Waals surface area (Å²) in [7, 11) is 1.54. The number of rotatable bonds is 7. The normalized spacial score (nSPS) is 11.4. The van der Waals surface area contributed by atoms with E-state index in [4.69, 9.17) is 32.7 Å². The van der Waals surface area contributed by atoms with Crippen LogP contribution in [-0.2, 0) is 4.79 Å². The van der Waals surface area contributed by atoms with E-state index in [-0.39, 0.29) is 11.8 Å². The maximum absolute atomic E-state index is 12.5. The standard InChI is InChI=1S/C23H20Cl2N2O4/c1-14(31-20-12-9-16(24)13-18(20)25)22(28)26-17-10-7-15(8-11-17)23(29)27-19-5-3-4-6-21(19)30-2/h3-14H,1-2H3,(H,26,28)(H,27,29). The summed E-state index contributed by atoms with van der Waals surface area (Å²) in [6.45, 7) is 1.61. The van der Waals surface area contributed by atoms with Gasteiger partial charge in [0.2, 0.25) is 0 Å². The maximum atomic E-state index is 12.5. The minimum absolute atomic E-state index is 0.295. The fourth-order valence-electron chi connectivity index (χ4n) is 2.71. The molecule has 0 saturated carbocycles. The highest BCUT2D eigenvalue weighted by Gasteiger charge is 2.17. The first-order valence-corrected chi connectivity index (χ1v) is 10.1. The molecule has 3 aromatic carbocycles. The van der Waals surface area contributed by atoms with Crippen molar-refractivity contribution in [2.24, 2.45) is 0 Å². The Morgan fingerprint density at radius 2 is 1.61 bits per heavy atom. The van der Waals surface area contributed by atoms with Crippen molar-refractivity contribution in [2.45, 2.75) is 13.0 Å². The maximum Gasteiger partial charge on any atom is 0.265 e. The molecule has 0 heterocycles. The number of halogens is 2. The molecule has 31 heavy (non-hydrogen) atoms. The number of carbonyl (C=O) groups excluding carboxylic acids is 2. The van der Waals surface area contributed by atoms with E-state index in [0.29, 0.717) is 38.5 Å². The second-order valence-corrected chi connectivity index (χ2v) is 7.40. The third-order valence-electron chi connectivity index (χ3n) is 4.34. The summed E-state index contributed by atoms with van der Waals surface area (Å²) in [4.78, 5) is 24.9. The van der Waals surface area contributed by atoms with E-state index in [1.165, 1.54) is 13.2 Å². The number of hydrogen-bond acceptors (Lipinski definition) is 4. The Morgan fingerprint density at radius 3 is 2.29 bits per heavy atom. The molecular formula is C23H20Cl2N2O4. The lowest BCUT2D eigenvalue weighted by Gasteiger charge is -2.16.